The summed E-state index contributed by atoms with van der Waals surface area (Å²) in [7, 11) is 1.91. The molecule has 38 heavy (non-hydrogen) atoms. The van der Waals surface area contributed by atoms with Crippen LogP contribution in [0.2, 0.25) is 0 Å². The molecule has 0 radical (unpaired) electrons. The van der Waals surface area contributed by atoms with Gasteiger partial charge in [0.05, 0.1) is 6.10 Å². The first kappa shape index (κ1) is 36.9. The minimum absolute atomic E-state index is 0.487. The Hall–Kier alpha value is -1.08. The molecule has 0 aromatic carbocycles. The van der Waals surface area contributed by atoms with Gasteiger partial charge in [-0.2, -0.15) is 0 Å². The fourth-order valence-corrected chi connectivity index (χ4v) is 4.94. The van der Waals surface area contributed by atoms with Crippen LogP contribution in [0.15, 0.2) is 48.6 Å². The quantitative estimate of drug-likeness (QED) is 0.0511. The van der Waals surface area contributed by atoms with Crippen molar-refractivity contribution in [1.82, 2.24) is 0 Å². The zero-order valence-electron chi connectivity index (χ0n) is 26.3. The number of allylic oxidation sites excluding steroid dienone is 8. The second-order valence-electron chi connectivity index (χ2n) is 11.3. The van der Waals surface area contributed by atoms with E-state index < -0.39 is 0 Å². The molecule has 1 unspecified atom stereocenters. The van der Waals surface area contributed by atoms with Gasteiger partial charge in [0, 0.05) is 7.11 Å². The fraction of sp³-hybridized carbons (Fsp3) is 0.784. The second kappa shape index (κ2) is 33.9. The van der Waals surface area contributed by atoms with Crippen LogP contribution in [0.3, 0.4) is 0 Å². The summed E-state index contributed by atoms with van der Waals surface area (Å²) < 4.78 is 5.77. The van der Waals surface area contributed by atoms with Crippen molar-refractivity contribution in [3.05, 3.63) is 48.6 Å². The van der Waals surface area contributed by atoms with E-state index in [1.165, 1.54) is 154 Å². The third-order valence-electron chi connectivity index (χ3n) is 7.56. The highest BCUT2D eigenvalue weighted by atomic mass is 16.5. The van der Waals surface area contributed by atoms with Crippen LogP contribution in [-0.4, -0.2) is 13.2 Å². The van der Waals surface area contributed by atoms with Gasteiger partial charge in [0.25, 0.3) is 0 Å². The van der Waals surface area contributed by atoms with Crippen LogP contribution < -0.4 is 0 Å². The lowest BCUT2D eigenvalue weighted by atomic mass is 10.0. The first-order valence-electron chi connectivity index (χ1n) is 17.0. The van der Waals surface area contributed by atoms with E-state index in [2.05, 4.69) is 62.5 Å². The van der Waals surface area contributed by atoms with Crippen LogP contribution in [0.5, 0.6) is 0 Å². The zero-order chi connectivity index (χ0) is 27.6. The summed E-state index contributed by atoms with van der Waals surface area (Å²) in [5.41, 5.74) is 0. The Balaban J connectivity index is 3.41. The molecule has 0 fully saturated rings. The molecule has 1 nitrogen and oxygen atoms in total. The van der Waals surface area contributed by atoms with Gasteiger partial charge < -0.3 is 4.74 Å². The molecule has 0 amide bonds. The van der Waals surface area contributed by atoms with Gasteiger partial charge in [0.1, 0.15) is 0 Å². The number of unbranched alkanes of at least 4 members (excludes halogenated alkanes) is 18. The van der Waals surface area contributed by atoms with E-state index in [-0.39, 0.29) is 0 Å². The monoisotopic (exact) mass is 529 g/mol. The standard InChI is InChI=1S/C37H68O/c1-4-6-8-10-12-14-16-18-20-22-24-26-28-30-32-34-36-37(38-3)35-33-31-29-27-25-23-21-19-17-15-13-11-9-7-5-2/h12-15,17-20,37H,4-11,16,21-36H2,1-3H3/b14-12+,15-13-,19-17+,20-18+. The maximum Gasteiger partial charge on any atom is 0.0571 e. The van der Waals surface area contributed by atoms with Gasteiger partial charge in [-0.1, -0.05) is 152 Å². The minimum Gasteiger partial charge on any atom is -0.381 e. The fourth-order valence-electron chi connectivity index (χ4n) is 4.94. The van der Waals surface area contributed by atoms with Gasteiger partial charge in [-0.25, -0.2) is 0 Å². The van der Waals surface area contributed by atoms with E-state index in [1.807, 2.05) is 7.11 Å². The Bertz CT molecular complexity index is 541. The predicted molar refractivity (Wildman–Crippen MR) is 174 cm³/mol. The van der Waals surface area contributed by atoms with Crippen LogP contribution >= 0.6 is 0 Å². The van der Waals surface area contributed by atoms with Gasteiger partial charge in [0.2, 0.25) is 0 Å². The van der Waals surface area contributed by atoms with Crippen molar-refractivity contribution < 1.29 is 4.74 Å². The van der Waals surface area contributed by atoms with Crippen LogP contribution in [0, 0.1) is 0 Å². The lowest BCUT2D eigenvalue weighted by Gasteiger charge is -2.15. The van der Waals surface area contributed by atoms with E-state index in [0.717, 1.165) is 6.42 Å². The topological polar surface area (TPSA) is 9.23 Å². The van der Waals surface area contributed by atoms with Crippen molar-refractivity contribution in [3.8, 4) is 0 Å². The molecule has 0 aliphatic carbocycles. The van der Waals surface area contributed by atoms with E-state index in [1.54, 1.807) is 0 Å². The molecule has 0 heterocycles. The summed E-state index contributed by atoms with van der Waals surface area (Å²) in [4.78, 5) is 0. The van der Waals surface area contributed by atoms with Gasteiger partial charge in [-0.05, 0) is 70.6 Å². The largest absolute Gasteiger partial charge is 0.381 e. The van der Waals surface area contributed by atoms with Gasteiger partial charge in [-0.3, -0.25) is 0 Å². The molecule has 0 saturated heterocycles. The molecule has 0 N–H and O–H groups in total. The summed E-state index contributed by atoms with van der Waals surface area (Å²) >= 11 is 0. The maximum atomic E-state index is 5.77. The Kier molecular flexibility index (Phi) is 33.0. The number of methoxy groups -OCH3 is 1. The third-order valence-corrected chi connectivity index (χ3v) is 7.56. The molecule has 1 atom stereocenters. The van der Waals surface area contributed by atoms with Crippen LogP contribution in [0.4, 0.5) is 0 Å². The molecule has 222 valence electrons. The number of ether oxygens (including phenoxy) is 1. The normalized spacial score (nSPS) is 13.2. The summed E-state index contributed by atoms with van der Waals surface area (Å²) in [6, 6.07) is 0. The highest BCUT2D eigenvalue weighted by molar-refractivity contribution is 5.02. The molecule has 0 rings (SSSR count). The van der Waals surface area contributed by atoms with E-state index in [0.29, 0.717) is 6.10 Å². The summed E-state index contributed by atoms with van der Waals surface area (Å²) in [5.74, 6) is 0. The molecule has 0 spiro atoms. The lowest BCUT2D eigenvalue weighted by Crippen LogP contribution is -2.10. The molecule has 1 heteroatoms. The van der Waals surface area contributed by atoms with Crippen LogP contribution in [-0.2, 0) is 4.74 Å². The summed E-state index contributed by atoms with van der Waals surface area (Å²) in [5, 5.41) is 0. The van der Waals surface area contributed by atoms with Gasteiger partial charge in [-0.15, -0.1) is 0 Å². The molecular weight excluding hydrogens is 460 g/mol. The second-order valence-corrected chi connectivity index (χ2v) is 11.3. The number of hydrogen-bond acceptors (Lipinski definition) is 1. The first-order valence-corrected chi connectivity index (χ1v) is 17.0. The number of hydrogen-bond donors (Lipinski definition) is 0. The minimum atomic E-state index is 0.487. The zero-order valence-corrected chi connectivity index (χ0v) is 26.3. The molecule has 0 aromatic rings. The van der Waals surface area contributed by atoms with Crippen molar-refractivity contribution in [1.29, 1.82) is 0 Å². The average Bonchev–Trinajstić information content (AvgIpc) is 2.93. The lowest BCUT2D eigenvalue weighted by molar-refractivity contribution is 0.0831. The summed E-state index contributed by atoms with van der Waals surface area (Å²) in [6.07, 6.45) is 52.1. The average molecular weight is 529 g/mol. The van der Waals surface area contributed by atoms with Gasteiger partial charge in [0.15, 0.2) is 0 Å². The van der Waals surface area contributed by atoms with E-state index in [9.17, 15) is 0 Å². The van der Waals surface area contributed by atoms with E-state index >= 15 is 0 Å². The SMILES string of the molecule is CCCCC/C=C\C=C\CCCCCCCCC(CCCCCCCC/C=C/C/C=C/CCCCC)OC. The molecule has 0 aliphatic heterocycles. The van der Waals surface area contributed by atoms with E-state index in [4.69, 9.17) is 4.74 Å². The Morgan fingerprint density at radius 3 is 1.21 bits per heavy atom. The Morgan fingerprint density at radius 1 is 0.421 bits per heavy atom. The van der Waals surface area contributed by atoms with Gasteiger partial charge >= 0.3 is 0 Å². The summed E-state index contributed by atoms with van der Waals surface area (Å²) in [6.45, 7) is 4.53. The molecule has 0 aliphatic rings. The van der Waals surface area contributed by atoms with Crippen molar-refractivity contribution in [2.75, 3.05) is 7.11 Å². The highest BCUT2D eigenvalue weighted by Crippen LogP contribution is 2.16. The van der Waals surface area contributed by atoms with Crippen LogP contribution in [0.25, 0.3) is 0 Å². The Morgan fingerprint density at radius 2 is 0.789 bits per heavy atom. The highest BCUT2D eigenvalue weighted by Gasteiger charge is 2.06. The molecular formula is C37H68O. The molecule has 0 bridgehead atoms. The third kappa shape index (κ3) is 31.1. The Labute approximate surface area is 240 Å². The smallest absolute Gasteiger partial charge is 0.0571 e. The van der Waals surface area contributed by atoms with Crippen molar-refractivity contribution >= 4 is 0 Å². The van der Waals surface area contributed by atoms with Crippen molar-refractivity contribution in [3.63, 3.8) is 0 Å². The molecule has 0 saturated carbocycles. The maximum absolute atomic E-state index is 5.77. The molecule has 0 aromatic heterocycles. The first-order chi connectivity index (χ1) is 18.8. The van der Waals surface area contributed by atoms with Crippen LogP contribution in [0.1, 0.15) is 174 Å². The van der Waals surface area contributed by atoms with Crippen molar-refractivity contribution in [2.45, 2.75) is 180 Å². The predicted octanol–water partition coefficient (Wildman–Crippen LogP) is 13.0. The van der Waals surface area contributed by atoms with Crippen molar-refractivity contribution in [2.24, 2.45) is 0 Å². The number of rotatable bonds is 30.